The van der Waals surface area contributed by atoms with E-state index in [1.54, 1.807) is 7.11 Å². The van der Waals surface area contributed by atoms with Crippen molar-refractivity contribution >= 4 is 22.6 Å². The van der Waals surface area contributed by atoms with E-state index in [1.165, 1.54) is 11.1 Å². The van der Waals surface area contributed by atoms with Gasteiger partial charge in [0.2, 0.25) is 0 Å². The molecule has 2 rings (SSSR count). The van der Waals surface area contributed by atoms with Gasteiger partial charge in [0.1, 0.15) is 5.82 Å². The van der Waals surface area contributed by atoms with Crippen LogP contribution in [0.5, 0.6) is 0 Å². The van der Waals surface area contributed by atoms with Crippen molar-refractivity contribution < 1.29 is 4.74 Å². The van der Waals surface area contributed by atoms with Crippen molar-refractivity contribution in [2.45, 2.75) is 39.6 Å². The minimum Gasteiger partial charge on any atom is -0.385 e. The summed E-state index contributed by atoms with van der Waals surface area (Å²) in [5, 5.41) is 0. The number of benzene rings is 1. The molecule has 0 aliphatic carbocycles. The average Bonchev–Trinajstić information content (AvgIpc) is 2.75. The molecule has 0 saturated heterocycles. The molecule has 0 saturated carbocycles. The van der Waals surface area contributed by atoms with Crippen molar-refractivity contribution in [3.05, 3.63) is 29.6 Å². The third-order valence-electron chi connectivity index (χ3n) is 3.74. The quantitative estimate of drug-likeness (QED) is 0.749. The third kappa shape index (κ3) is 3.15. The predicted molar refractivity (Wildman–Crippen MR) is 84.3 cm³/mol. The Hall–Kier alpha value is -1.06. The molecule has 110 valence electrons. The Labute approximate surface area is 125 Å². The SMILES string of the molecule is COCCC(C)(C)Cn1c(CCl)nc2cccc(C)c21. The number of hydrogen-bond acceptors (Lipinski definition) is 2. The van der Waals surface area contributed by atoms with Crippen molar-refractivity contribution in [2.75, 3.05) is 13.7 Å². The topological polar surface area (TPSA) is 27.1 Å². The lowest BCUT2D eigenvalue weighted by Crippen LogP contribution is -2.22. The maximum atomic E-state index is 6.08. The van der Waals surface area contributed by atoms with Gasteiger partial charge in [-0.15, -0.1) is 11.6 Å². The Balaban J connectivity index is 2.42. The molecule has 0 atom stereocenters. The average molecular weight is 295 g/mol. The first kappa shape index (κ1) is 15.3. The van der Waals surface area contributed by atoms with E-state index in [0.29, 0.717) is 5.88 Å². The van der Waals surface area contributed by atoms with Crippen LogP contribution in [0.1, 0.15) is 31.7 Å². The van der Waals surface area contributed by atoms with Crippen molar-refractivity contribution in [3.8, 4) is 0 Å². The van der Waals surface area contributed by atoms with Crippen LogP contribution >= 0.6 is 11.6 Å². The normalized spacial score (nSPS) is 12.2. The van der Waals surface area contributed by atoms with Gasteiger partial charge in [0.05, 0.1) is 16.9 Å². The Bertz CT molecular complexity index is 589. The Morgan fingerprint density at radius 3 is 2.75 bits per heavy atom. The van der Waals surface area contributed by atoms with Gasteiger partial charge in [-0.25, -0.2) is 4.98 Å². The number of ether oxygens (including phenoxy) is 1. The van der Waals surface area contributed by atoms with Crippen molar-refractivity contribution in [3.63, 3.8) is 0 Å². The number of nitrogens with zero attached hydrogens (tertiary/aromatic N) is 2. The summed E-state index contributed by atoms with van der Waals surface area (Å²) in [4.78, 5) is 4.66. The number of aromatic nitrogens is 2. The molecule has 2 aromatic rings. The lowest BCUT2D eigenvalue weighted by Gasteiger charge is -2.26. The standard InChI is InChI=1S/C16H23ClN2O/c1-12-6-5-7-13-15(12)19(14(10-17)18-13)11-16(2,3)8-9-20-4/h5-7H,8-11H2,1-4H3. The van der Waals surface area contributed by atoms with Crippen LogP contribution in [0.4, 0.5) is 0 Å². The minimum absolute atomic E-state index is 0.146. The summed E-state index contributed by atoms with van der Waals surface area (Å²) in [7, 11) is 1.75. The van der Waals surface area contributed by atoms with Crippen LogP contribution in [-0.2, 0) is 17.2 Å². The van der Waals surface area contributed by atoms with Crippen molar-refractivity contribution in [1.29, 1.82) is 0 Å². The molecule has 0 bridgehead atoms. The molecule has 20 heavy (non-hydrogen) atoms. The number of halogens is 1. The zero-order valence-electron chi connectivity index (χ0n) is 12.7. The zero-order valence-corrected chi connectivity index (χ0v) is 13.5. The number of alkyl halides is 1. The fourth-order valence-corrected chi connectivity index (χ4v) is 2.78. The van der Waals surface area contributed by atoms with Gasteiger partial charge in [0.25, 0.3) is 0 Å². The lowest BCUT2D eigenvalue weighted by molar-refractivity contribution is 0.143. The molecular weight excluding hydrogens is 272 g/mol. The van der Waals surface area contributed by atoms with Crippen LogP contribution in [0.15, 0.2) is 18.2 Å². The molecule has 0 spiro atoms. The summed E-state index contributed by atoms with van der Waals surface area (Å²) in [5.41, 5.74) is 3.62. The van der Waals surface area contributed by atoms with Gasteiger partial charge in [-0.1, -0.05) is 26.0 Å². The van der Waals surface area contributed by atoms with E-state index >= 15 is 0 Å². The Morgan fingerprint density at radius 2 is 2.10 bits per heavy atom. The molecule has 0 aliphatic rings. The molecule has 1 aromatic heterocycles. The van der Waals surface area contributed by atoms with Gasteiger partial charge in [-0.2, -0.15) is 0 Å². The number of imidazole rings is 1. The molecule has 0 aliphatic heterocycles. The summed E-state index contributed by atoms with van der Waals surface area (Å²) < 4.78 is 7.48. The van der Waals surface area contributed by atoms with Crippen LogP contribution in [-0.4, -0.2) is 23.3 Å². The van der Waals surface area contributed by atoms with Gasteiger partial charge >= 0.3 is 0 Å². The largest absolute Gasteiger partial charge is 0.385 e. The fourth-order valence-electron chi connectivity index (χ4n) is 2.57. The summed E-state index contributed by atoms with van der Waals surface area (Å²) in [6, 6.07) is 6.22. The molecule has 1 aromatic carbocycles. The van der Waals surface area contributed by atoms with E-state index in [4.69, 9.17) is 16.3 Å². The van der Waals surface area contributed by atoms with E-state index in [0.717, 1.165) is 30.9 Å². The van der Waals surface area contributed by atoms with Gasteiger partial charge in [0, 0.05) is 20.3 Å². The second-order valence-corrected chi connectivity index (χ2v) is 6.36. The van der Waals surface area contributed by atoms with Crippen LogP contribution in [0.2, 0.25) is 0 Å². The zero-order chi connectivity index (χ0) is 14.8. The van der Waals surface area contributed by atoms with Crippen molar-refractivity contribution in [2.24, 2.45) is 5.41 Å². The highest BCUT2D eigenvalue weighted by Crippen LogP contribution is 2.28. The molecule has 0 N–H and O–H groups in total. The first-order valence-corrected chi connectivity index (χ1v) is 7.51. The van der Waals surface area contributed by atoms with Crippen LogP contribution in [0, 0.1) is 12.3 Å². The number of fused-ring (bicyclic) bond motifs is 1. The third-order valence-corrected chi connectivity index (χ3v) is 3.98. The van der Waals surface area contributed by atoms with E-state index in [1.807, 2.05) is 6.07 Å². The highest BCUT2D eigenvalue weighted by Gasteiger charge is 2.22. The Kier molecular flexibility index (Phi) is 4.71. The first-order chi connectivity index (χ1) is 9.48. The van der Waals surface area contributed by atoms with E-state index < -0.39 is 0 Å². The summed E-state index contributed by atoms with van der Waals surface area (Å²) in [6.07, 6.45) is 1.01. The van der Waals surface area contributed by atoms with Crippen molar-refractivity contribution in [1.82, 2.24) is 9.55 Å². The van der Waals surface area contributed by atoms with Gasteiger partial charge in [-0.05, 0) is 30.4 Å². The molecule has 0 fully saturated rings. The van der Waals surface area contributed by atoms with Crippen LogP contribution in [0.25, 0.3) is 11.0 Å². The van der Waals surface area contributed by atoms with Crippen LogP contribution < -0.4 is 0 Å². The maximum Gasteiger partial charge on any atom is 0.124 e. The summed E-state index contributed by atoms with van der Waals surface area (Å²) >= 11 is 6.08. The molecule has 1 heterocycles. The smallest absolute Gasteiger partial charge is 0.124 e. The summed E-state index contributed by atoms with van der Waals surface area (Å²) in [5.74, 6) is 1.38. The van der Waals surface area contributed by atoms with E-state index in [2.05, 4.69) is 42.5 Å². The predicted octanol–water partition coefficient (Wildman–Crippen LogP) is 4.15. The van der Waals surface area contributed by atoms with Gasteiger partial charge < -0.3 is 9.30 Å². The van der Waals surface area contributed by atoms with Gasteiger partial charge in [0.15, 0.2) is 0 Å². The molecule has 0 radical (unpaired) electrons. The highest BCUT2D eigenvalue weighted by atomic mass is 35.5. The molecule has 0 amide bonds. The van der Waals surface area contributed by atoms with E-state index in [9.17, 15) is 0 Å². The van der Waals surface area contributed by atoms with Crippen LogP contribution in [0.3, 0.4) is 0 Å². The second kappa shape index (κ2) is 6.15. The Morgan fingerprint density at radius 1 is 1.35 bits per heavy atom. The summed E-state index contributed by atoms with van der Waals surface area (Å²) in [6.45, 7) is 8.32. The lowest BCUT2D eigenvalue weighted by atomic mass is 9.89. The highest BCUT2D eigenvalue weighted by molar-refractivity contribution is 6.16. The number of aryl methyl sites for hydroxylation is 1. The van der Waals surface area contributed by atoms with Gasteiger partial charge in [-0.3, -0.25) is 0 Å². The number of methoxy groups -OCH3 is 1. The first-order valence-electron chi connectivity index (χ1n) is 6.98. The molecule has 0 unspecified atom stereocenters. The number of hydrogen-bond donors (Lipinski definition) is 0. The maximum absolute atomic E-state index is 6.08. The number of rotatable bonds is 6. The molecule has 3 nitrogen and oxygen atoms in total. The number of para-hydroxylation sites is 1. The molecule has 4 heteroatoms. The monoisotopic (exact) mass is 294 g/mol. The minimum atomic E-state index is 0.146. The molecular formula is C16H23ClN2O. The fraction of sp³-hybridized carbons (Fsp3) is 0.562. The van der Waals surface area contributed by atoms with E-state index in [-0.39, 0.29) is 5.41 Å². The second-order valence-electron chi connectivity index (χ2n) is 6.10.